The standard InChI is InChI=1S/C10H14O3S.H3N/c1-3-14(12,13)10-6-4-9(5-7-10)8(2)11;/h4-8,11H,3H2,1-2H3;1H3. The minimum atomic E-state index is -3.12. The Kier molecular flexibility index (Phi) is 4.93. The Labute approximate surface area is 90.4 Å². The third-order valence-electron chi connectivity index (χ3n) is 2.10. The highest BCUT2D eigenvalue weighted by molar-refractivity contribution is 7.91. The average molecular weight is 231 g/mol. The Morgan fingerprint density at radius 2 is 1.73 bits per heavy atom. The van der Waals surface area contributed by atoms with Crippen LogP contribution in [-0.4, -0.2) is 19.3 Å². The van der Waals surface area contributed by atoms with Crippen molar-refractivity contribution in [3.05, 3.63) is 29.8 Å². The van der Waals surface area contributed by atoms with Crippen molar-refractivity contribution in [3.8, 4) is 0 Å². The zero-order chi connectivity index (χ0) is 10.8. The van der Waals surface area contributed by atoms with Crippen LogP contribution in [0.2, 0.25) is 0 Å². The van der Waals surface area contributed by atoms with Gasteiger partial charge in [-0.15, -0.1) is 0 Å². The molecule has 0 saturated heterocycles. The summed E-state index contributed by atoms with van der Waals surface area (Å²) in [6.07, 6.45) is -0.562. The van der Waals surface area contributed by atoms with E-state index in [1.165, 1.54) is 12.1 Å². The Hall–Kier alpha value is -0.910. The zero-order valence-electron chi connectivity index (χ0n) is 8.97. The lowest BCUT2D eigenvalue weighted by atomic mass is 10.1. The van der Waals surface area contributed by atoms with E-state index >= 15 is 0 Å². The first-order chi connectivity index (χ1) is 6.47. The molecular formula is C10H17NO3S. The van der Waals surface area contributed by atoms with Crippen LogP contribution in [0.15, 0.2) is 29.2 Å². The maximum atomic E-state index is 11.4. The van der Waals surface area contributed by atoms with E-state index in [9.17, 15) is 13.5 Å². The summed E-state index contributed by atoms with van der Waals surface area (Å²) in [4.78, 5) is 0.310. The van der Waals surface area contributed by atoms with Crippen LogP contribution < -0.4 is 6.15 Å². The Morgan fingerprint density at radius 3 is 2.07 bits per heavy atom. The van der Waals surface area contributed by atoms with E-state index in [0.717, 1.165) is 5.56 Å². The summed E-state index contributed by atoms with van der Waals surface area (Å²) in [6.45, 7) is 3.25. The highest BCUT2D eigenvalue weighted by atomic mass is 32.2. The van der Waals surface area contributed by atoms with Crippen molar-refractivity contribution < 1.29 is 13.5 Å². The SMILES string of the molecule is CCS(=O)(=O)c1ccc(C(C)O)cc1.N. The van der Waals surface area contributed by atoms with Crippen LogP contribution in [0.3, 0.4) is 0 Å². The summed E-state index contributed by atoms with van der Waals surface area (Å²) in [5.41, 5.74) is 0.722. The molecule has 1 rings (SSSR count). The van der Waals surface area contributed by atoms with Gasteiger partial charge in [0.25, 0.3) is 0 Å². The van der Waals surface area contributed by atoms with Crippen LogP contribution in [0.1, 0.15) is 25.5 Å². The lowest BCUT2D eigenvalue weighted by Crippen LogP contribution is -2.03. The van der Waals surface area contributed by atoms with Crippen LogP contribution in [-0.2, 0) is 9.84 Å². The van der Waals surface area contributed by atoms with Crippen LogP contribution in [0.4, 0.5) is 0 Å². The van der Waals surface area contributed by atoms with Crippen molar-refractivity contribution in [2.75, 3.05) is 5.75 Å². The Morgan fingerprint density at radius 1 is 1.27 bits per heavy atom. The molecule has 0 amide bonds. The van der Waals surface area contributed by atoms with Gasteiger partial charge in [-0.1, -0.05) is 19.1 Å². The maximum absolute atomic E-state index is 11.4. The third kappa shape index (κ3) is 3.30. The Balaban J connectivity index is 0.00000196. The van der Waals surface area contributed by atoms with E-state index in [1.54, 1.807) is 26.0 Å². The van der Waals surface area contributed by atoms with Gasteiger partial charge < -0.3 is 11.3 Å². The monoisotopic (exact) mass is 231 g/mol. The first kappa shape index (κ1) is 14.1. The molecule has 0 fully saturated rings. The fraction of sp³-hybridized carbons (Fsp3) is 0.400. The molecule has 0 radical (unpaired) electrons. The molecule has 0 spiro atoms. The van der Waals surface area contributed by atoms with Crippen LogP contribution in [0.5, 0.6) is 0 Å². The topological polar surface area (TPSA) is 89.4 Å². The molecule has 0 aliphatic heterocycles. The second-order valence-electron chi connectivity index (χ2n) is 3.15. The fourth-order valence-electron chi connectivity index (χ4n) is 1.12. The molecule has 86 valence electrons. The van der Waals surface area contributed by atoms with E-state index in [2.05, 4.69) is 0 Å². The molecule has 4 N–H and O–H groups in total. The van der Waals surface area contributed by atoms with Crippen molar-refractivity contribution in [3.63, 3.8) is 0 Å². The van der Waals surface area contributed by atoms with Gasteiger partial charge in [-0.3, -0.25) is 0 Å². The second kappa shape index (κ2) is 5.25. The largest absolute Gasteiger partial charge is 0.389 e. The number of aliphatic hydroxyl groups excluding tert-OH is 1. The summed E-state index contributed by atoms with van der Waals surface area (Å²) in [5, 5.41) is 9.23. The normalized spacial score (nSPS) is 13.0. The number of aliphatic hydroxyl groups is 1. The first-order valence-corrected chi connectivity index (χ1v) is 6.13. The highest BCUT2D eigenvalue weighted by Gasteiger charge is 2.11. The summed E-state index contributed by atoms with van der Waals surface area (Å²) in [5.74, 6) is 0.0982. The summed E-state index contributed by atoms with van der Waals surface area (Å²) in [6, 6.07) is 6.32. The molecule has 1 aromatic carbocycles. The lowest BCUT2D eigenvalue weighted by molar-refractivity contribution is 0.199. The summed E-state index contributed by atoms with van der Waals surface area (Å²) in [7, 11) is -3.12. The van der Waals surface area contributed by atoms with Gasteiger partial charge in [0.15, 0.2) is 9.84 Å². The molecule has 15 heavy (non-hydrogen) atoms. The van der Waals surface area contributed by atoms with E-state index in [4.69, 9.17) is 0 Å². The van der Waals surface area contributed by atoms with Gasteiger partial charge in [-0.2, -0.15) is 0 Å². The van der Waals surface area contributed by atoms with Crippen LogP contribution in [0, 0.1) is 0 Å². The second-order valence-corrected chi connectivity index (χ2v) is 5.43. The molecule has 1 unspecified atom stereocenters. The molecule has 0 saturated carbocycles. The van der Waals surface area contributed by atoms with Crippen molar-refractivity contribution in [2.45, 2.75) is 24.8 Å². The van der Waals surface area contributed by atoms with Crippen LogP contribution in [0.25, 0.3) is 0 Å². The number of hydrogen-bond acceptors (Lipinski definition) is 4. The smallest absolute Gasteiger partial charge is 0.178 e. The molecule has 0 bridgehead atoms. The number of benzene rings is 1. The van der Waals surface area contributed by atoms with Gasteiger partial charge in [-0.05, 0) is 24.6 Å². The molecular weight excluding hydrogens is 214 g/mol. The zero-order valence-corrected chi connectivity index (χ0v) is 9.79. The minimum absolute atomic E-state index is 0. The predicted molar refractivity (Wildman–Crippen MR) is 59.8 cm³/mol. The molecule has 5 heteroatoms. The predicted octanol–water partition coefficient (Wildman–Crippen LogP) is 1.70. The summed E-state index contributed by atoms with van der Waals surface area (Å²) < 4.78 is 22.8. The highest BCUT2D eigenvalue weighted by Crippen LogP contribution is 2.16. The van der Waals surface area contributed by atoms with Crippen molar-refractivity contribution in [1.29, 1.82) is 0 Å². The third-order valence-corrected chi connectivity index (χ3v) is 3.85. The van der Waals surface area contributed by atoms with Gasteiger partial charge in [0, 0.05) is 0 Å². The van der Waals surface area contributed by atoms with Gasteiger partial charge in [0.2, 0.25) is 0 Å². The molecule has 0 heterocycles. The van der Waals surface area contributed by atoms with Gasteiger partial charge in [-0.25, -0.2) is 8.42 Å². The van der Waals surface area contributed by atoms with Crippen molar-refractivity contribution in [2.24, 2.45) is 0 Å². The van der Waals surface area contributed by atoms with E-state index < -0.39 is 15.9 Å². The maximum Gasteiger partial charge on any atom is 0.178 e. The molecule has 0 aliphatic carbocycles. The van der Waals surface area contributed by atoms with Gasteiger partial charge >= 0.3 is 0 Å². The first-order valence-electron chi connectivity index (χ1n) is 4.48. The molecule has 0 aromatic heterocycles. The Bertz CT molecular complexity index is 395. The van der Waals surface area contributed by atoms with Crippen molar-refractivity contribution >= 4 is 9.84 Å². The fourth-order valence-corrected chi connectivity index (χ4v) is 2.00. The molecule has 1 aromatic rings. The number of hydrogen-bond donors (Lipinski definition) is 2. The number of sulfone groups is 1. The number of rotatable bonds is 3. The van der Waals surface area contributed by atoms with E-state index in [1.807, 2.05) is 0 Å². The molecule has 4 nitrogen and oxygen atoms in total. The van der Waals surface area contributed by atoms with E-state index in [-0.39, 0.29) is 11.9 Å². The minimum Gasteiger partial charge on any atom is -0.389 e. The lowest BCUT2D eigenvalue weighted by Gasteiger charge is -2.05. The molecule has 0 aliphatic rings. The average Bonchev–Trinajstić information content (AvgIpc) is 2.18. The van der Waals surface area contributed by atoms with Gasteiger partial charge in [0.1, 0.15) is 0 Å². The van der Waals surface area contributed by atoms with Crippen molar-refractivity contribution in [1.82, 2.24) is 6.15 Å². The quantitative estimate of drug-likeness (QED) is 0.828. The molecule has 1 atom stereocenters. The summed E-state index contributed by atoms with van der Waals surface area (Å²) >= 11 is 0. The van der Waals surface area contributed by atoms with Gasteiger partial charge in [0.05, 0.1) is 16.8 Å². The van der Waals surface area contributed by atoms with E-state index in [0.29, 0.717) is 4.90 Å². The van der Waals surface area contributed by atoms with Crippen LogP contribution >= 0.6 is 0 Å².